The number of nitrogens with one attached hydrogen (secondary N) is 1. The van der Waals surface area contributed by atoms with Gasteiger partial charge < -0.3 is 5.32 Å². The third-order valence-corrected chi connectivity index (χ3v) is 3.43. The summed E-state index contributed by atoms with van der Waals surface area (Å²) in [6.07, 6.45) is 2.15. The van der Waals surface area contributed by atoms with Crippen LogP contribution in [0.2, 0.25) is 5.02 Å². The molecule has 4 heteroatoms. The van der Waals surface area contributed by atoms with Crippen molar-refractivity contribution in [2.45, 2.75) is 13.3 Å². The fraction of sp³-hybridized carbons (Fsp3) is 0.267. The largest absolute Gasteiger partial charge is 0.373 e. The molecule has 0 spiro atoms. The molecule has 100 valence electrons. The lowest BCUT2D eigenvalue weighted by atomic mass is 10.0. The molecule has 0 aliphatic rings. The number of halogens is 2. The Hall–Kier alpha value is -1.61. The number of benzene rings is 1. The molecule has 0 aliphatic heterocycles. The van der Waals surface area contributed by atoms with Gasteiger partial charge in [0.05, 0.1) is 6.67 Å². The SMILES string of the molecule is CNc1ncc(-c2ccc(Cl)c(CCF)c2)cc1C. The summed E-state index contributed by atoms with van der Waals surface area (Å²) in [5, 5.41) is 3.64. The molecular weight excluding hydrogens is 263 g/mol. The van der Waals surface area contributed by atoms with Crippen LogP contribution in [0.1, 0.15) is 11.1 Å². The summed E-state index contributed by atoms with van der Waals surface area (Å²) >= 11 is 6.05. The molecule has 2 rings (SSSR count). The van der Waals surface area contributed by atoms with E-state index in [2.05, 4.69) is 16.4 Å². The smallest absolute Gasteiger partial charge is 0.128 e. The van der Waals surface area contributed by atoms with Crippen LogP contribution in [0.5, 0.6) is 0 Å². The molecule has 0 atom stereocenters. The maximum absolute atomic E-state index is 12.5. The highest BCUT2D eigenvalue weighted by Gasteiger charge is 2.06. The standard InChI is InChI=1S/C15H16ClFN2/c1-10-7-13(9-19-15(10)18-2)11-3-4-14(16)12(8-11)5-6-17/h3-4,7-9H,5-6H2,1-2H3,(H,18,19). The van der Waals surface area contributed by atoms with Gasteiger partial charge in [0.25, 0.3) is 0 Å². The summed E-state index contributed by atoms with van der Waals surface area (Å²) in [6, 6.07) is 7.72. The Morgan fingerprint density at radius 1 is 1.26 bits per heavy atom. The van der Waals surface area contributed by atoms with Crippen molar-refractivity contribution < 1.29 is 4.39 Å². The fourth-order valence-corrected chi connectivity index (χ4v) is 2.25. The third-order valence-electron chi connectivity index (χ3n) is 3.06. The third kappa shape index (κ3) is 3.04. The molecule has 1 N–H and O–H groups in total. The van der Waals surface area contributed by atoms with E-state index in [0.717, 1.165) is 28.1 Å². The van der Waals surface area contributed by atoms with E-state index >= 15 is 0 Å². The number of aromatic nitrogens is 1. The lowest BCUT2D eigenvalue weighted by molar-refractivity contribution is 0.495. The number of hydrogen-bond acceptors (Lipinski definition) is 2. The van der Waals surface area contributed by atoms with Gasteiger partial charge in [0.15, 0.2) is 0 Å². The highest BCUT2D eigenvalue weighted by molar-refractivity contribution is 6.31. The maximum atomic E-state index is 12.5. The first-order valence-corrected chi connectivity index (χ1v) is 6.52. The first-order valence-electron chi connectivity index (χ1n) is 6.15. The van der Waals surface area contributed by atoms with Crippen molar-refractivity contribution in [2.24, 2.45) is 0 Å². The molecule has 2 nitrogen and oxygen atoms in total. The Morgan fingerprint density at radius 3 is 2.68 bits per heavy atom. The van der Waals surface area contributed by atoms with Crippen molar-refractivity contribution >= 4 is 17.4 Å². The van der Waals surface area contributed by atoms with Gasteiger partial charge in [-0.05, 0) is 41.8 Å². The second-order valence-electron chi connectivity index (χ2n) is 4.38. The van der Waals surface area contributed by atoms with E-state index in [4.69, 9.17) is 11.6 Å². The molecule has 19 heavy (non-hydrogen) atoms. The van der Waals surface area contributed by atoms with E-state index in [0.29, 0.717) is 11.4 Å². The number of nitrogens with zero attached hydrogens (tertiary/aromatic N) is 1. The molecule has 0 aliphatic carbocycles. The Balaban J connectivity index is 2.41. The van der Waals surface area contributed by atoms with Crippen LogP contribution >= 0.6 is 11.6 Å². The van der Waals surface area contributed by atoms with E-state index in [9.17, 15) is 4.39 Å². The minimum absolute atomic E-state index is 0.341. The minimum Gasteiger partial charge on any atom is -0.373 e. The van der Waals surface area contributed by atoms with Crippen molar-refractivity contribution in [1.29, 1.82) is 0 Å². The van der Waals surface area contributed by atoms with Gasteiger partial charge in [-0.3, -0.25) is 4.39 Å². The predicted molar refractivity (Wildman–Crippen MR) is 78.6 cm³/mol. The first kappa shape index (κ1) is 13.8. The van der Waals surface area contributed by atoms with Crippen molar-refractivity contribution in [3.05, 3.63) is 46.6 Å². The Labute approximate surface area is 117 Å². The van der Waals surface area contributed by atoms with Gasteiger partial charge in [-0.2, -0.15) is 0 Å². The van der Waals surface area contributed by atoms with Gasteiger partial charge in [0.2, 0.25) is 0 Å². The summed E-state index contributed by atoms with van der Waals surface area (Å²) in [5.74, 6) is 0.863. The number of hydrogen-bond donors (Lipinski definition) is 1. The molecule has 0 radical (unpaired) electrons. The number of alkyl halides is 1. The molecule has 0 saturated heterocycles. The van der Waals surface area contributed by atoms with Gasteiger partial charge in [-0.15, -0.1) is 0 Å². The van der Waals surface area contributed by atoms with Crippen LogP contribution in [0.4, 0.5) is 10.2 Å². The number of aryl methyl sites for hydroxylation is 2. The van der Waals surface area contributed by atoms with Crippen LogP contribution in [-0.4, -0.2) is 18.7 Å². The summed E-state index contributed by atoms with van der Waals surface area (Å²) in [6.45, 7) is 1.60. The second-order valence-corrected chi connectivity index (χ2v) is 4.79. The van der Waals surface area contributed by atoms with Gasteiger partial charge in [0.1, 0.15) is 5.82 Å². The van der Waals surface area contributed by atoms with Gasteiger partial charge in [-0.1, -0.05) is 17.7 Å². The highest BCUT2D eigenvalue weighted by Crippen LogP contribution is 2.27. The van der Waals surface area contributed by atoms with Crippen molar-refractivity contribution in [1.82, 2.24) is 4.98 Å². The summed E-state index contributed by atoms with van der Waals surface area (Å²) in [5.41, 5.74) is 3.92. The average molecular weight is 279 g/mol. The minimum atomic E-state index is -0.404. The van der Waals surface area contributed by atoms with Crippen LogP contribution < -0.4 is 5.32 Å². The van der Waals surface area contributed by atoms with Crippen LogP contribution in [0.25, 0.3) is 11.1 Å². The zero-order chi connectivity index (χ0) is 13.8. The van der Waals surface area contributed by atoms with Crippen molar-refractivity contribution in [3.8, 4) is 11.1 Å². The highest BCUT2D eigenvalue weighted by atomic mass is 35.5. The second kappa shape index (κ2) is 6.02. The Bertz CT molecular complexity index is 584. The van der Waals surface area contributed by atoms with Crippen LogP contribution in [-0.2, 0) is 6.42 Å². The van der Waals surface area contributed by atoms with Crippen LogP contribution in [0.15, 0.2) is 30.5 Å². The first-order chi connectivity index (χ1) is 9.15. The lowest BCUT2D eigenvalue weighted by Crippen LogP contribution is -1.96. The summed E-state index contributed by atoms with van der Waals surface area (Å²) < 4.78 is 12.5. The zero-order valence-corrected chi connectivity index (χ0v) is 11.8. The fourth-order valence-electron chi connectivity index (χ4n) is 2.04. The Kier molecular flexibility index (Phi) is 4.38. The van der Waals surface area contributed by atoms with Crippen molar-refractivity contribution in [2.75, 3.05) is 19.0 Å². The van der Waals surface area contributed by atoms with Crippen molar-refractivity contribution in [3.63, 3.8) is 0 Å². The van der Waals surface area contributed by atoms with Gasteiger partial charge >= 0.3 is 0 Å². The quantitative estimate of drug-likeness (QED) is 0.904. The van der Waals surface area contributed by atoms with Crippen LogP contribution in [0, 0.1) is 6.92 Å². The monoisotopic (exact) mass is 278 g/mol. The number of pyridine rings is 1. The van der Waals surface area contributed by atoms with Gasteiger partial charge in [-0.25, -0.2) is 4.98 Å². The molecule has 0 unspecified atom stereocenters. The molecule has 0 bridgehead atoms. The normalized spacial score (nSPS) is 10.5. The Morgan fingerprint density at radius 2 is 2.05 bits per heavy atom. The zero-order valence-electron chi connectivity index (χ0n) is 11.0. The van der Waals surface area contributed by atoms with Gasteiger partial charge in [0, 0.05) is 30.3 Å². The van der Waals surface area contributed by atoms with E-state index < -0.39 is 6.67 Å². The summed E-state index contributed by atoms with van der Waals surface area (Å²) in [4.78, 5) is 4.35. The molecule has 1 aromatic carbocycles. The summed E-state index contributed by atoms with van der Waals surface area (Å²) in [7, 11) is 1.84. The number of anilines is 1. The van der Waals surface area contributed by atoms with E-state index in [-0.39, 0.29) is 0 Å². The van der Waals surface area contributed by atoms with Crippen LogP contribution in [0.3, 0.4) is 0 Å². The molecule has 0 fully saturated rings. The van der Waals surface area contributed by atoms with E-state index in [1.165, 1.54) is 0 Å². The molecule has 0 saturated carbocycles. The molecule has 1 heterocycles. The average Bonchev–Trinajstić information content (AvgIpc) is 2.41. The lowest BCUT2D eigenvalue weighted by Gasteiger charge is -2.09. The van der Waals surface area contributed by atoms with E-state index in [1.54, 1.807) is 6.20 Å². The molecule has 0 amide bonds. The molecule has 1 aromatic heterocycles. The topological polar surface area (TPSA) is 24.9 Å². The number of rotatable bonds is 4. The molecule has 2 aromatic rings. The maximum Gasteiger partial charge on any atom is 0.128 e. The molecular formula is C15H16ClFN2. The predicted octanol–water partition coefficient (Wildman–Crippen LogP) is 4.26. The van der Waals surface area contributed by atoms with E-state index in [1.807, 2.05) is 32.2 Å².